The molecular weight excluding hydrogens is 426 g/mol. The lowest BCUT2D eigenvalue weighted by Crippen LogP contribution is -2.41. The van der Waals surface area contributed by atoms with Crippen LogP contribution >= 0.6 is 11.3 Å². The highest BCUT2D eigenvalue weighted by Crippen LogP contribution is 2.29. The van der Waals surface area contributed by atoms with E-state index in [9.17, 15) is 9.59 Å². The number of nitrogen functional groups attached to an aromatic ring is 1. The van der Waals surface area contributed by atoms with Gasteiger partial charge in [0.15, 0.2) is 5.13 Å². The number of aromatic nitrogens is 3. The lowest BCUT2D eigenvalue weighted by molar-refractivity contribution is 0.415. The summed E-state index contributed by atoms with van der Waals surface area (Å²) in [5, 5.41) is 5.56. The van der Waals surface area contributed by atoms with Gasteiger partial charge in [-0.2, -0.15) is 0 Å². The molecule has 0 fully saturated rings. The van der Waals surface area contributed by atoms with Crippen molar-refractivity contribution >= 4 is 28.0 Å². The molecule has 0 aliphatic carbocycles. The monoisotopic (exact) mass is 449 g/mol. The third-order valence-corrected chi connectivity index (χ3v) is 5.81. The summed E-state index contributed by atoms with van der Waals surface area (Å²) in [6.07, 6.45) is 0. The number of hydrogen-bond donors (Lipinski definition) is 2. The molecule has 164 valence electrons. The zero-order chi connectivity index (χ0) is 22.7. The summed E-state index contributed by atoms with van der Waals surface area (Å²) in [6.45, 7) is 2.25. The van der Waals surface area contributed by atoms with E-state index in [0.717, 1.165) is 17.0 Å². The van der Waals surface area contributed by atoms with Crippen LogP contribution in [0.4, 0.5) is 16.6 Å². The van der Waals surface area contributed by atoms with Crippen LogP contribution in [0.3, 0.4) is 0 Å². The Morgan fingerprint density at radius 3 is 2.59 bits per heavy atom. The van der Waals surface area contributed by atoms with Crippen molar-refractivity contribution in [2.45, 2.75) is 20.0 Å². The summed E-state index contributed by atoms with van der Waals surface area (Å²) in [5.41, 5.74) is 7.84. The van der Waals surface area contributed by atoms with Crippen molar-refractivity contribution in [3.8, 4) is 17.0 Å². The van der Waals surface area contributed by atoms with Crippen LogP contribution in [0.25, 0.3) is 11.3 Å². The maximum Gasteiger partial charge on any atom is 0.332 e. The fourth-order valence-corrected chi connectivity index (χ4v) is 4.15. The van der Waals surface area contributed by atoms with Crippen LogP contribution in [-0.2, 0) is 13.1 Å². The number of benzene rings is 2. The van der Waals surface area contributed by atoms with Crippen molar-refractivity contribution in [3.63, 3.8) is 0 Å². The third kappa shape index (κ3) is 4.15. The molecule has 2 aromatic carbocycles. The third-order valence-electron chi connectivity index (χ3n) is 5.05. The lowest BCUT2D eigenvalue weighted by atomic mass is 10.2. The Morgan fingerprint density at radius 1 is 1.09 bits per heavy atom. The SMILES string of the molecule is CCn1c(=O)c(-c2csc(Nc3cccc(OC)c3)n2)c(N)n(Cc2ccccc2)c1=O. The van der Waals surface area contributed by atoms with Gasteiger partial charge in [0, 0.05) is 23.7 Å². The van der Waals surface area contributed by atoms with E-state index < -0.39 is 11.2 Å². The average molecular weight is 450 g/mol. The summed E-state index contributed by atoms with van der Waals surface area (Å²) < 4.78 is 7.85. The summed E-state index contributed by atoms with van der Waals surface area (Å²) in [6, 6.07) is 17.0. The maximum atomic E-state index is 13.1. The van der Waals surface area contributed by atoms with E-state index in [2.05, 4.69) is 10.3 Å². The fourth-order valence-electron chi connectivity index (χ4n) is 3.42. The first-order chi connectivity index (χ1) is 15.5. The topological polar surface area (TPSA) is 104 Å². The fraction of sp³-hybridized carbons (Fsp3) is 0.174. The Labute approximate surface area is 188 Å². The van der Waals surface area contributed by atoms with Crippen molar-refractivity contribution in [2.24, 2.45) is 0 Å². The van der Waals surface area contributed by atoms with Gasteiger partial charge in [-0.25, -0.2) is 9.78 Å². The van der Waals surface area contributed by atoms with Gasteiger partial charge in [-0.15, -0.1) is 11.3 Å². The van der Waals surface area contributed by atoms with Crippen molar-refractivity contribution in [1.82, 2.24) is 14.1 Å². The van der Waals surface area contributed by atoms with Crippen LogP contribution in [0, 0.1) is 0 Å². The molecule has 32 heavy (non-hydrogen) atoms. The zero-order valence-corrected chi connectivity index (χ0v) is 18.6. The van der Waals surface area contributed by atoms with Gasteiger partial charge in [-0.3, -0.25) is 13.9 Å². The zero-order valence-electron chi connectivity index (χ0n) is 17.7. The highest BCUT2D eigenvalue weighted by atomic mass is 32.1. The van der Waals surface area contributed by atoms with Crippen LogP contribution in [-0.4, -0.2) is 21.2 Å². The first kappa shape index (κ1) is 21.4. The van der Waals surface area contributed by atoms with Crippen LogP contribution in [0.2, 0.25) is 0 Å². The highest BCUT2D eigenvalue weighted by molar-refractivity contribution is 7.14. The first-order valence-corrected chi connectivity index (χ1v) is 10.9. The summed E-state index contributed by atoms with van der Waals surface area (Å²) >= 11 is 1.34. The van der Waals surface area contributed by atoms with E-state index in [1.165, 1.54) is 20.5 Å². The number of ether oxygens (including phenoxy) is 1. The van der Waals surface area contributed by atoms with E-state index in [0.29, 0.717) is 10.8 Å². The molecule has 0 saturated heterocycles. The van der Waals surface area contributed by atoms with Crippen LogP contribution < -0.4 is 27.0 Å². The van der Waals surface area contributed by atoms with Crippen LogP contribution in [0.1, 0.15) is 12.5 Å². The Kier molecular flexibility index (Phi) is 6.09. The number of rotatable bonds is 7. The van der Waals surface area contributed by atoms with Crippen molar-refractivity contribution in [2.75, 3.05) is 18.2 Å². The van der Waals surface area contributed by atoms with E-state index in [4.69, 9.17) is 10.5 Å². The first-order valence-electron chi connectivity index (χ1n) is 10.1. The minimum atomic E-state index is -0.447. The summed E-state index contributed by atoms with van der Waals surface area (Å²) in [5.74, 6) is 0.821. The molecular formula is C23H23N5O3S. The molecule has 0 radical (unpaired) electrons. The van der Waals surface area contributed by atoms with E-state index in [-0.39, 0.29) is 24.5 Å². The Morgan fingerprint density at radius 2 is 1.88 bits per heavy atom. The van der Waals surface area contributed by atoms with Crippen LogP contribution in [0.15, 0.2) is 69.6 Å². The van der Waals surface area contributed by atoms with Gasteiger partial charge in [0.25, 0.3) is 5.56 Å². The summed E-state index contributed by atoms with van der Waals surface area (Å²) in [7, 11) is 1.60. The molecule has 0 bridgehead atoms. The molecule has 2 aromatic heterocycles. The molecule has 0 amide bonds. The molecule has 2 heterocycles. The minimum absolute atomic E-state index is 0.104. The molecule has 3 N–H and O–H groups in total. The molecule has 0 aliphatic rings. The van der Waals surface area contributed by atoms with Crippen LogP contribution in [0.5, 0.6) is 5.75 Å². The van der Waals surface area contributed by atoms with Crippen molar-refractivity contribution < 1.29 is 4.74 Å². The van der Waals surface area contributed by atoms with Gasteiger partial charge >= 0.3 is 5.69 Å². The average Bonchev–Trinajstić information content (AvgIpc) is 3.25. The quantitative estimate of drug-likeness (QED) is 0.447. The number of hydrogen-bond acceptors (Lipinski definition) is 7. The second-order valence-corrected chi connectivity index (χ2v) is 7.92. The Balaban J connectivity index is 1.76. The molecule has 8 nitrogen and oxygen atoms in total. The molecule has 9 heteroatoms. The van der Waals surface area contributed by atoms with Gasteiger partial charge in [0.05, 0.1) is 19.3 Å². The Hall–Kier alpha value is -3.85. The van der Waals surface area contributed by atoms with E-state index in [1.807, 2.05) is 54.6 Å². The van der Waals surface area contributed by atoms with Crippen molar-refractivity contribution in [1.29, 1.82) is 0 Å². The molecule has 4 aromatic rings. The second kappa shape index (κ2) is 9.11. The smallest absolute Gasteiger partial charge is 0.332 e. The highest BCUT2D eigenvalue weighted by Gasteiger charge is 2.20. The van der Waals surface area contributed by atoms with E-state index in [1.54, 1.807) is 19.4 Å². The number of nitrogens with zero attached hydrogens (tertiary/aromatic N) is 3. The maximum absolute atomic E-state index is 13.1. The van der Waals surface area contributed by atoms with Gasteiger partial charge in [0.1, 0.15) is 17.1 Å². The second-order valence-electron chi connectivity index (χ2n) is 7.06. The predicted octanol–water partition coefficient (Wildman–Crippen LogP) is 3.54. The number of thiazole rings is 1. The minimum Gasteiger partial charge on any atom is -0.497 e. The lowest BCUT2D eigenvalue weighted by Gasteiger charge is -2.15. The van der Waals surface area contributed by atoms with Gasteiger partial charge in [-0.1, -0.05) is 36.4 Å². The molecule has 0 saturated carbocycles. The number of nitrogens with two attached hydrogens (primary N) is 1. The van der Waals surface area contributed by atoms with Gasteiger partial charge in [-0.05, 0) is 24.6 Å². The summed E-state index contributed by atoms with van der Waals surface area (Å²) in [4.78, 5) is 30.6. The molecule has 0 aliphatic heterocycles. The number of methoxy groups -OCH3 is 1. The standard InChI is InChI=1S/C23H23N5O3S/c1-3-27-21(29)19(20(24)28(23(27)30)13-15-8-5-4-6-9-15)18-14-32-22(26-18)25-16-10-7-11-17(12-16)31-2/h4-12,14H,3,13,24H2,1-2H3,(H,25,26). The van der Waals surface area contributed by atoms with Gasteiger partial charge < -0.3 is 15.8 Å². The normalized spacial score (nSPS) is 10.8. The molecule has 0 spiro atoms. The molecule has 4 rings (SSSR count). The number of anilines is 3. The Bertz CT molecular complexity index is 1360. The predicted molar refractivity (Wildman–Crippen MR) is 128 cm³/mol. The van der Waals surface area contributed by atoms with Gasteiger partial charge in [0.2, 0.25) is 0 Å². The molecule has 0 atom stereocenters. The largest absolute Gasteiger partial charge is 0.497 e. The number of nitrogens with one attached hydrogen (secondary N) is 1. The molecule has 0 unspecified atom stereocenters. The van der Waals surface area contributed by atoms with Crippen molar-refractivity contribution in [3.05, 3.63) is 86.4 Å². The van der Waals surface area contributed by atoms with E-state index >= 15 is 0 Å².